The largest absolute Gasteiger partial charge is 0.481 e. The second kappa shape index (κ2) is 6.23. The van der Waals surface area contributed by atoms with Gasteiger partial charge in [0.05, 0.1) is 5.92 Å². The molecule has 0 amide bonds. The van der Waals surface area contributed by atoms with E-state index >= 15 is 0 Å². The third-order valence-electron chi connectivity index (χ3n) is 4.82. The Morgan fingerprint density at radius 3 is 2.47 bits per heavy atom. The Morgan fingerprint density at radius 2 is 1.89 bits per heavy atom. The molecule has 1 aliphatic carbocycles. The molecule has 0 saturated heterocycles. The summed E-state index contributed by atoms with van der Waals surface area (Å²) in [6.07, 6.45) is 3.96. The lowest BCUT2D eigenvalue weighted by molar-refractivity contribution is -0.144. The third-order valence-corrected chi connectivity index (χ3v) is 4.82. The monoisotopic (exact) mass is 260 g/mol. The maximum absolute atomic E-state index is 11.6. The van der Waals surface area contributed by atoms with Gasteiger partial charge in [0.1, 0.15) is 0 Å². The highest BCUT2D eigenvalue weighted by atomic mass is 16.4. The zero-order chi connectivity index (χ0) is 13.8. The molecule has 1 saturated carbocycles. The molecule has 0 radical (unpaired) electrons. The van der Waals surface area contributed by atoms with Crippen molar-refractivity contribution in [1.29, 1.82) is 0 Å². The minimum atomic E-state index is -0.629. The molecule has 0 aromatic heterocycles. The van der Waals surface area contributed by atoms with Crippen molar-refractivity contribution in [2.45, 2.75) is 39.5 Å². The molecule has 0 bridgehead atoms. The highest BCUT2D eigenvalue weighted by molar-refractivity contribution is 5.70. The number of carbonyl (C=O) groups is 1. The second-order valence-electron chi connectivity index (χ2n) is 6.16. The lowest BCUT2D eigenvalue weighted by Gasteiger charge is -2.35. The van der Waals surface area contributed by atoms with Gasteiger partial charge in [0.2, 0.25) is 0 Å². The molecule has 4 unspecified atom stereocenters. The van der Waals surface area contributed by atoms with E-state index in [1.165, 1.54) is 6.42 Å². The van der Waals surface area contributed by atoms with E-state index in [9.17, 15) is 9.90 Å². The number of carboxylic acids is 1. The first-order valence-corrected chi connectivity index (χ1v) is 7.34. The first-order valence-electron chi connectivity index (χ1n) is 7.34. The molecule has 4 atom stereocenters. The van der Waals surface area contributed by atoms with Crippen LogP contribution in [-0.4, -0.2) is 11.1 Å². The van der Waals surface area contributed by atoms with Gasteiger partial charge < -0.3 is 5.11 Å². The summed E-state index contributed by atoms with van der Waals surface area (Å²) < 4.78 is 0. The Bertz CT molecular complexity index is 413. The Kier molecular flexibility index (Phi) is 4.62. The molecular formula is C17H24O2. The molecule has 1 fully saturated rings. The highest BCUT2D eigenvalue weighted by Crippen LogP contribution is 2.38. The van der Waals surface area contributed by atoms with Crippen molar-refractivity contribution in [2.75, 3.05) is 0 Å². The van der Waals surface area contributed by atoms with Crippen molar-refractivity contribution < 1.29 is 9.90 Å². The van der Waals surface area contributed by atoms with Crippen LogP contribution in [0.25, 0.3) is 0 Å². The summed E-state index contributed by atoms with van der Waals surface area (Å²) in [6, 6.07) is 10.0. The third kappa shape index (κ3) is 3.59. The van der Waals surface area contributed by atoms with Crippen LogP contribution >= 0.6 is 0 Å². The SMILES string of the molecule is CC1CCC(C(Cc2ccccc2)C(=O)O)CC1C. The van der Waals surface area contributed by atoms with Gasteiger partial charge in [-0.2, -0.15) is 0 Å². The molecule has 0 spiro atoms. The lowest BCUT2D eigenvalue weighted by Crippen LogP contribution is -2.32. The molecule has 0 heterocycles. The van der Waals surface area contributed by atoms with Gasteiger partial charge in [-0.3, -0.25) is 4.79 Å². The van der Waals surface area contributed by atoms with Crippen molar-refractivity contribution in [3.05, 3.63) is 35.9 Å². The van der Waals surface area contributed by atoms with Gasteiger partial charge in [-0.25, -0.2) is 0 Å². The maximum Gasteiger partial charge on any atom is 0.307 e. The van der Waals surface area contributed by atoms with Crippen molar-refractivity contribution >= 4 is 5.97 Å². The number of hydrogen-bond donors (Lipinski definition) is 1. The number of benzene rings is 1. The van der Waals surface area contributed by atoms with Crippen molar-refractivity contribution in [3.8, 4) is 0 Å². The first kappa shape index (κ1) is 14.1. The molecule has 19 heavy (non-hydrogen) atoms. The van der Waals surface area contributed by atoms with Crippen molar-refractivity contribution in [2.24, 2.45) is 23.7 Å². The van der Waals surface area contributed by atoms with E-state index in [-0.39, 0.29) is 5.92 Å². The summed E-state index contributed by atoms with van der Waals surface area (Å²) in [5.41, 5.74) is 1.14. The van der Waals surface area contributed by atoms with E-state index in [0.29, 0.717) is 18.3 Å². The Balaban J connectivity index is 2.06. The number of aliphatic carboxylic acids is 1. The summed E-state index contributed by atoms with van der Waals surface area (Å²) in [5.74, 6) is 0.871. The van der Waals surface area contributed by atoms with Gasteiger partial charge in [-0.1, -0.05) is 50.6 Å². The minimum Gasteiger partial charge on any atom is -0.481 e. The molecule has 1 aromatic rings. The Hall–Kier alpha value is -1.31. The molecule has 2 nitrogen and oxygen atoms in total. The summed E-state index contributed by atoms with van der Waals surface area (Å²) in [4.78, 5) is 11.6. The van der Waals surface area contributed by atoms with Gasteiger partial charge in [0.15, 0.2) is 0 Å². The van der Waals surface area contributed by atoms with Crippen LogP contribution in [0, 0.1) is 23.7 Å². The van der Waals surface area contributed by atoms with E-state index in [2.05, 4.69) is 13.8 Å². The van der Waals surface area contributed by atoms with Crippen molar-refractivity contribution in [1.82, 2.24) is 0 Å². The predicted octanol–water partition coefficient (Wildman–Crippen LogP) is 4.00. The van der Waals surface area contributed by atoms with Crippen LogP contribution in [0.2, 0.25) is 0 Å². The number of carboxylic acid groups (broad SMARTS) is 1. The quantitative estimate of drug-likeness (QED) is 0.888. The van der Waals surface area contributed by atoms with Crippen LogP contribution in [0.15, 0.2) is 30.3 Å². The molecule has 2 heteroatoms. The molecule has 104 valence electrons. The number of rotatable bonds is 4. The van der Waals surface area contributed by atoms with Crippen LogP contribution < -0.4 is 0 Å². The fourth-order valence-electron chi connectivity index (χ4n) is 3.28. The smallest absolute Gasteiger partial charge is 0.307 e. The van der Waals surface area contributed by atoms with Crippen molar-refractivity contribution in [3.63, 3.8) is 0 Å². The molecule has 1 aromatic carbocycles. The lowest BCUT2D eigenvalue weighted by atomic mass is 9.70. The zero-order valence-electron chi connectivity index (χ0n) is 11.9. The fourth-order valence-corrected chi connectivity index (χ4v) is 3.28. The fraction of sp³-hybridized carbons (Fsp3) is 0.588. The van der Waals surface area contributed by atoms with Gasteiger partial charge in [0.25, 0.3) is 0 Å². The summed E-state index contributed by atoms with van der Waals surface area (Å²) in [7, 11) is 0. The normalized spacial score (nSPS) is 28.8. The van der Waals surface area contributed by atoms with E-state index in [0.717, 1.165) is 24.3 Å². The molecule has 1 N–H and O–H groups in total. The van der Waals surface area contributed by atoms with Crippen LogP contribution in [0.3, 0.4) is 0 Å². The summed E-state index contributed by atoms with van der Waals surface area (Å²) >= 11 is 0. The van der Waals surface area contributed by atoms with Crippen LogP contribution in [0.4, 0.5) is 0 Å². The Morgan fingerprint density at radius 1 is 1.21 bits per heavy atom. The van der Waals surface area contributed by atoms with Gasteiger partial charge >= 0.3 is 5.97 Å². The summed E-state index contributed by atoms with van der Waals surface area (Å²) in [6.45, 7) is 4.55. The average molecular weight is 260 g/mol. The van der Waals surface area contributed by atoms with Gasteiger partial charge in [-0.15, -0.1) is 0 Å². The van der Waals surface area contributed by atoms with Crippen LogP contribution in [0.1, 0.15) is 38.7 Å². The predicted molar refractivity (Wildman–Crippen MR) is 76.9 cm³/mol. The minimum absolute atomic E-state index is 0.225. The molecular weight excluding hydrogens is 236 g/mol. The van der Waals surface area contributed by atoms with Crippen LogP contribution in [-0.2, 0) is 11.2 Å². The zero-order valence-corrected chi connectivity index (χ0v) is 11.9. The number of hydrogen-bond acceptors (Lipinski definition) is 1. The standard InChI is InChI=1S/C17H24O2/c1-12-8-9-15(10-13(12)2)16(17(18)19)11-14-6-4-3-5-7-14/h3-7,12-13,15-16H,8-11H2,1-2H3,(H,18,19). The van der Waals surface area contributed by atoms with Gasteiger partial charge in [-0.05, 0) is 42.6 Å². The average Bonchev–Trinajstić information content (AvgIpc) is 2.40. The van der Waals surface area contributed by atoms with E-state index in [4.69, 9.17) is 0 Å². The van der Waals surface area contributed by atoms with E-state index in [1.54, 1.807) is 0 Å². The van der Waals surface area contributed by atoms with E-state index in [1.807, 2.05) is 30.3 Å². The molecule has 1 aliphatic rings. The molecule has 0 aliphatic heterocycles. The maximum atomic E-state index is 11.6. The second-order valence-corrected chi connectivity index (χ2v) is 6.16. The topological polar surface area (TPSA) is 37.3 Å². The Labute approximate surface area is 115 Å². The molecule has 2 rings (SSSR count). The summed E-state index contributed by atoms with van der Waals surface area (Å²) in [5, 5.41) is 9.54. The van der Waals surface area contributed by atoms with Gasteiger partial charge in [0, 0.05) is 0 Å². The van der Waals surface area contributed by atoms with E-state index < -0.39 is 5.97 Å². The first-order chi connectivity index (χ1) is 9.08. The van der Waals surface area contributed by atoms with Crippen LogP contribution in [0.5, 0.6) is 0 Å². The highest BCUT2D eigenvalue weighted by Gasteiger charge is 2.33.